The van der Waals surface area contributed by atoms with E-state index in [1.165, 1.54) is 6.20 Å². The van der Waals surface area contributed by atoms with Crippen LogP contribution in [0.3, 0.4) is 0 Å². The summed E-state index contributed by atoms with van der Waals surface area (Å²) in [7, 11) is 0. The molecule has 2 atom stereocenters. The van der Waals surface area contributed by atoms with Gasteiger partial charge in [0.2, 0.25) is 5.91 Å². The minimum Gasteiger partial charge on any atom is -0.345 e. The first-order valence-corrected chi connectivity index (χ1v) is 9.80. The number of aromatic amines is 1. The number of carbonyl (C=O) groups is 2. The highest BCUT2D eigenvalue weighted by Gasteiger charge is 2.42. The Kier molecular flexibility index (Phi) is 4.39. The smallest absolute Gasteiger partial charge is 0.287 e. The molecule has 150 valence electrons. The highest BCUT2D eigenvalue weighted by molar-refractivity contribution is 5.94. The van der Waals surface area contributed by atoms with Crippen molar-refractivity contribution < 1.29 is 9.59 Å². The van der Waals surface area contributed by atoms with Gasteiger partial charge in [0.25, 0.3) is 11.5 Å². The van der Waals surface area contributed by atoms with Crippen LogP contribution in [0.2, 0.25) is 0 Å². The third-order valence-corrected chi connectivity index (χ3v) is 5.57. The summed E-state index contributed by atoms with van der Waals surface area (Å²) in [5.74, 6) is 0.393. The molecule has 0 saturated heterocycles. The Morgan fingerprint density at radius 1 is 1.17 bits per heavy atom. The second kappa shape index (κ2) is 7.22. The van der Waals surface area contributed by atoms with E-state index < -0.39 is 11.5 Å². The molecule has 8 nitrogen and oxygen atoms in total. The van der Waals surface area contributed by atoms with Crippen LogP contribution in [-0.2, 0) is 11.3 Å². The Hall–Kier alpha value is -3.81. The van der Waals surface area contributed by atoms with Crippen molar-refractivity contribution in [2.24, 2.45) is 5.92 Å². The first-order valence-electron chi connectivity index (χ1n) is 9.80. The number of anilines is 1. The first-order chi connectivity index (χ1) is 14.6. The van der Waals surface area contributed by atoms with Crippen LogP contribution < -0.4 is 16.2 Å². The number of benzene rings is 1. The fourth-order valence-electron chi connectivity index (χ4n) is 3.92. The second-order valence-corrected chi connectivity index (χ2v) is 7.65. The molecule has 8 heteroatoms. The zero-order valence-corrected chi connectivity index (χ0v) is 16.0. The summed E-state index contributed by atoms with van der Waals surface area (Å²) >= 11 is 0. The lowest BCUT2D eigenvalue weighted by atomic mass is 10.0. The third kappa shape index (κ3) is 3.47. The molecule has 1 saturated carbocycles. The molecule has 1 fully saturated rings. The molecule has 3 aromatic rings. The first kappa shape index (κ1) is 18.2. The Morgan fingerprint density at radius 2 is 2.07 bits per heavy atom. The van der Waals surface area contributed by atoms with Crippen LogP contribution in [0.4, 0.5) is 5.69 Å². The molecular formula is C22H19N5O3. The summed E-state index contributed by atoms with van der Waals surface area (Å²) in [5.41, 5.74) is 3.20. The van der Waals surface area contributed by atoms with Crippen molar-refractivity contribution >= 4 is 17.5 Å². The number of nitrogens with one attached hydrogen (secondary N) is 3. The molecular weight excluding hydrogens is 382 g/mol. The van der Waals surface area contributed by atoms with Crippen molar-refractivity contribution in [3.8, 4) is 11.3 Å². The Labute approximate surface area is 171 Å². The number of carbonyl (C=O) groups excluding carboxylic acids is 2. The third-order valence-electron chi connectivity index (χ3n) is 5.57. The van der Waals surface area contributed by atoms with Gasteiger partial charge in [-0.2, -0.15) is 0 Å². The standard InChI is InChI=1S/C22H19N5O3/c28-19-9-13-8-15(13)14-5-4-12(7-18(14)26-19)10-25-22(30)20-24-11-16(21(29)27-20)17-3-1-2-6-23-17/h1-7,11,13,15H,8-10H2,(H,25,30)(H,26,28)(H,24,27,29)/t13-,15-/m0/s1. The topological polar surface area (TPSA) is 117 Å². The van der Waals surface area contributed by atoms with E-state index in [2.05, 4.69) is 25.6 Å². The number of amides is 2. The zero-order chi connectivity index (χ0) is 20.7. The van der Waals surface area contributed by atoms with Crippen molar-refractivity contribution in [1.82, 2.24) is 20.3 Å². The Morgan fingerprint density at radius 3 is 2.87 bits per heavy atom. The number of nitrogens with zero attached hydrogens (tertiary/aromatic N) is 2. The van der Waals surface area contributed by atoms with Crippen molar-refractivity contribution in [1.29, 1.82) is 0 Å². The number of rotatable bonds is 4. The van der Waals surface area contributed by atoms with Gasteiger partial charge >= 0.3 is 0 Å². The van der Waals surface area contributed by atoms with Gasteiger partial charge in [-0.3, -0.25) is 19.4 Å². The van der Waals surface area contributed by atoms with Gasteiger partial charge in [0, 0.05) is 31.0 Å². The monoisotopic (exact) mass is 401 g/mol. The summed E-state index contributed by atoms with van der Waals surface area (Å²) in [6.07, 6.45) is 4.56. The van der Waals surface area contributed by atoms with Crippen LogP contribution >= 0.6 is 0 Å². The van der Waals surface area contributed by atoms with Crippen LogP contribution in [0.1, 0.15) is 40.5 Å². The molecule has 0 spiro atoms. The second-order valence-electron chi connectivity index (χ2n) is 7.65. The molecule has 0 unspecified atom stereocenters. The largest absolute Gasteiger partial charge is 0.345 e. The maximum atomic E-state index is 12.4. The molecule has 1 aliphatic carbocycles. The molecule has 0 bridgehead atoms. The van der Waals surface area contributed by atoms with Gasteiger partial charge in [-0.15, -0.1) is 0 Å². The number of fused-ring (bicyclic) bond motifs is 3. The highest BCUT2D eigenvalue weighted by Crippen LogP contribution is 2.53. The molecule has 3 heterocycles. The van der Waals surface area contributed by atoms with Crippen molar-refractivity contribution in [3.63, 3.8) is 0 Å². The van der Waals surface area contributed by atoms with Crippen LogP contribution in [0.25, 0.3) is 11.3 Å². The van der Waals surface area contributed by atoms with Crippen LogP contribution in [-0.4, -0.2) is 26.8 Å². The molecule has 0 radical (unpaired) electrons. The maximum absolute atomic E-state index is 12.4. The number of hydrogen-bond donors (Lipinski definition) is 3. The predicted molar refractivity (Wildman–Crippen MR) is 110 cm³/mol. The highest BCUT2D eigenvalue weighted by atomic mass is 16.2. The Balaban J connectivity index is 1.29. The van der Waals surface area contributed by atoms with E-state index in [9.17, 15) is 14.4 Å². The van der Waals surface area contributed by atoms with Crippen LogP contribution in [0.5, 0.6) is 0 Å². The van der Waals surface area contributed by atoms with E-state index in [0.717, 1.165) is 23.2 Å². The molecule has 2 aromatic heterocycles. The SMILES string of the molecule is O=C1C[C@@H]2C[C@@H]2c2ccc(CNC(=O)c3ncc(-c4ccccn4)c(=O)[nH]3)cc2N1. The van der Waals surface area contributed by atoms with Gasteiger partial charge < -0.3 is 15.6 Å². The van der Waals surface area contributed by atoms with Gasteiger partial charge in [0.15, 0.2) is 5.82 Å². The van der Waals surface area contributed by atoms with E-state index in [0.29, 0.717) is 29.5 Å². The minimum atomic E-state index is -0.485. The molecule has 30 heavy (non-hydrogen) atoms. The predicted octanol–water partition coefficient (Wildman–Crippen LogP) is 2.21. The Bertz CT molecular complexity index is 1200. The van der Waals surface area contributed by atoms with Gasteiger partial charge in [0.05, 0.1) is 11.3 Å². The average Bonchev–Trinajstić information content (AvgIpc) is 3.52. The normalized spacial score (nSPS) is 19.1. The van der Waals surface area contributed by atoms with Gasteiger partial charge in [-0.1, -0.05) is 18.2 Å². The molecule has 5 rings (SSSR count). The van der Waals surface area contributed by atoms with Crippen molar-refractivity contribution in [2.75, 3.05) is 5.32 Å². The van der Waals surface area contributed by atoms with Crippen LogP contribution in [0.15, 0.2) is 53.6 Å². The van der Waals surface area contributed by atoms with Crippen molar-refractivity contribution in [2.45, 2.75) is 25.3 Å². The summed E-state index contributed by atoms with van der Waals surface area (Å²) in [4.78, 5) is 47.5. The quantitative estimate of drug-likeness (QED) is 0.620. The summed E-state index contributed by atoms with van der Waals surface area (Å²) in [6, 6.07) is 11.1. The van der Waals surface area contributed by atoms with E-state index in [-0.39, 0.29) is 18.3 Å². The molecule has 3 N–H and O–H groups in total. The molecule has 2 aliphatic rings. The molecule has 1 aromatic carbocycles. The lowest BCUT2D eigenvalue weighted by Gasteiger charge is -2.11. The summed E-state index contributed by atoms with van der Waals surface area (Å²) < 4.78 is 0. The maximum Gasteiger partial charge on any atom is 0.287 e. The molecule has 1 aliphatic heterocycles. The fraction of sp³-hybridized carbons (Fsp3) is 0.227. The number of hydrogen-bond acceptors (Lipinski definition) is 5. The van der Waals surface area contributed by atoms with E-state index >= 15 is 0 Å². The van der Waals surface area contributed by atoms with Gasteiger partial charge in [-0.05, 0) is 47.6 Å². The average molecular weight is 401 g/mol. The molecule has 2 amide bonds. The minimum absolute atomic E-state index is 0.0391. The van der Waals surface area contributed by atoms with E-state index in [1.54, 1.807) is 24.4 Å². The summed E-state index contributed by atoms with van der Waals surface area (Å²) in [6.45, 7) is 0.252. The van der Waals surface area contributed by atoms with E-state index in [1.807, 2.05) is 18.2 Å². The van der Waals surface area contributed by atoms with Crippen molar-refractivity contribution in [3.05, 3.63) is 76.1 Å². The van der Waals surface area contributed by atoms with Gasteiger partial charge in [0.1, 0.15) is 0 Å². The van der Waals surface area contributed by atoms with E-state index in [4.69, 9.17) is 0 Å². The number of H-pyrrole nitrogens is 1. The zero-order valence-electron chi connectivity index (χ0n) is 16.0. The number of aromatic nitrogens is 3. The van der Waals surface area contributed by atoms with Gasteiger partial charge in [-0.25, -0.2) is 4.98 Å². The number of pyridine rings is 1. The lowest BCUT2D eigenvalue weighted by Crippen LogP contribution is -2.28. The fourth-order valence-corrected chi connectivity index (χ4v) is 3.92. The summed E-state index contributed by atoms with van der Waals surface area (Å²) in [5, 5.41) is 5.71. The van der Waals surface area contributed by atoms with Crippen LogP contribution in [0, 0.1) is 5.92 Å². The lowest BCUT2D eigenvalue weighted by molar-refractivity contribution is -0.116.